The average Bonchev–Trinajstić information content (AvgIpc) is 2.28. The molecule has 0 aromatic heterocycles. The molecule has 0 radical (unpaired) electrons. The molecule has 19 heavy (non-hydrogen) atoms. The summed E-state index contributed by atoms with van der Waals surface area (Å²) >= 11 is 0. The third-order valence-corrected chi connectivity index (χ3v) is 2.13. The minimum Gasteiger partial charge on any atom is -0.478 e. The van der Waals surface area contributed by atoms with Crippen LogP contribution >= 0.6 is 0 Å². The fourth-order valence-corrected chi connectivity index (χ4v) is 1.22. The van der Waals surface area contributed by atoms with Crippen molar-refractivity contribution in [2.24, 2.45) is 0 Å². The molecule has 2 N–H and O–H groups in total. The van der Waals surface area contributed by atoms with E-state index in [4.69, 9.17) is 9.84 Å². The fraction of sp³-hybridized carbons (Fsp3) is 0.385. The summed E-state index contributed by atoms with van der Waals surface area (Å²) in [6, 6.07) is 3.27. The lowest BCUT2D eigenvalue weighted by atomic mass is 10.2. The second kappa shape index (κ2) is 5.79. The molecule has 0 aliphatic heterocycles. The van der Waals surface area contributed by atoms with Crippen LogP contribution in [0.15, 0.2) is 18.2 Å². The summed E-state index contributed by atoms with van der Waals surface area (Å²) in [4.78, 5) is 22.1. The maximum Gasteiger partial charge on any atom is 0.335 e. The summed E-state index contributed by atoms with van der Waals surface area (Å²) in [5, 5.41) is 11.0. The second-order valence-electron chi connectivity index (χ2n) is 4.95. The third kappa shape index (κ3) is 5.05. The molecular formula is C13H16FNO4. The Kier molecular flexibility index (Phi) is 4.61. The molecule has 6 heteroatoms. The molecule has 0 spiro atoms. The van der Waals surface area contributed by atoms with Gasteiger partial charge in [0.15, 0.2) is 0 Å². The third-order valence-electron chi connectivity index (χ3n) is 2.13. The molecule has 0 fully saturated rings. The van der Waals surface area contributed by atoms with Crippen LogP contribution in [0.2, 0.25) is 0 Å². The van der Waals surface area contributed by atoms with E-state index < -0.39 is 23.3 Å². The number of aromatic carboxylic acids is 1. The summed E-state index contributed by atoms with van der Waals surface area (Å²) < 4.78 is 18.8. The second-order valence-corrected chi connectivity index (χ2v) is 4.95. The zero-order valence-corrected chi connectivity index (χ0v) is 11.0. The van der Waals surface area contributed by atoms with E-state index in [0.717, 1.165) is 6.07 Å². The van der Waals surface area contributed by atoms with Crippen molar-refractivity contribution in [3.8, 4) is 0 Å². The van der Waals surface area contributed by atoms with E-state index in [-0.39, 0.29) is 17.9 Å². The van der Waals surface area contributed by atoms with E-state index in [2.05, 4.69) is 5.32 Å². The lowest BCUT2D eigenvalue weighted by Gasteiger charge is -2.19. The first-order chi connectivity index (χ1) is 8.69. The van der Waals surface area contributed by atoms with Crippen molar-refractivity contribution in [1.29, 1.82) is 0 Å². The number of nitrogens with one attached hydrogen (secondary N) is 1. The summed E-state index contributed by atoms with van der Waals surface area (Å²) in [5.74, 6) is -2.53. The Balaban J connectivity index is 2.67. The first kappa shape index (κ1) is 15.1. The number of rotatable bonds is 4. The highest BCUT2D eigenvalue weighted by molar-refractivity contribution is 5.93. The van der Waals surface area contributed by atoms with Crippen molar-refractivity contribution < 1.29 is 23.8 Å². The fourth-order valence-electron chi connectivity index (χ4n) is 1.22. The summed E-state index contributed by atoms with van der Waals surface area (Å²) in [6.07, 6.45) is 0. The highest BCUT2D eigenvalue weighted by atomic mass is 19.1. The van der Waals surface area contributed by atoms with Gasteiger partial charge in [-0.2, -0.15) is 0 Å². The molecular weight excluding hydrogens is 253 g/mol. The average molecular weight is 269 g/mol. The molecule has 0 unspecified atom stereocenters. The standard InChI is InChI=1S/C13H16FNO4/c1-13(2,3)19-7-11(16)15-10-5-4-8(12(17)18)6-9(10)14/h4-6H,7H2,1-3H3,(H,15,16)(H,17,18). The Labute approximate surface area is 110 Å². The Hall–Kier alpha value is -1.95. The smallest absolute Gasteiger partial charge is 0.335 e. The van der Waals surface area contributed by atoms with Crippen molar-refractivity contribution >= 4 is 17.6 Å². The number of carboxylic acid groups (broad SMARTS) is 1. The van der Waals surface area contributed by atoms with Gasteiger partial charge >= 0.3 is 5.97 Å². The zero-order valence-electron chi connectivity index (χ0n) is 11.0. The number of benzene rings is 1. The predicted molar refractivity (Wildman–Crippen MR) is 67.7 cm³/mol. The minimum atomic E-state index is -1.23. The SMILES string of the molecule is CC(C)(C)OCC(=O)Nc1ccc(C(=O)O)cc1F. The Morgan fingerprint density at radius 2 is 2.00 bits per heavy atom. The monoisotopic (exact) mass is 269 g/mol. The van der Waals surface area contributed by atoms with Crippen molar-refractivity contribution in [1.82, 2.24) is 0 Å². The van der Waals surface area contributed by atoms with Crippen LogP contribution in [-0.2, 0) is 9.53 Å². The van der Waals surface area contributed by atoms with Gasteiger partial charge in [0, 0.05) is 0 Å². The molecule has 1 aromatic rings. The van der Waals surface area contributed by atoms with E-state index in [1.807, 2.05) is 0 Å². The van der Waals surface area contributed by atoms with Crippen LogP contribution in [0, 0.1) is 5.82 Å². The van der Waals surface area contributed by atoms with Gasteiger partial charge in [-0.15, -0.1) is 0 Å². The Morgan fingerprint density at radius 1 is 1.37 bits per heavy atom. The van der Waals surface area contributed by atoms with Gasteiger partial charge in [0.05, 0.1) is 16.9 Å². The molecule has 104 valence electrons. The summed E-state index contributed by atoms with van der Waals surface area (Å²) in [5.41, 5.74) is -0.725. The van der Waals surface area contributed by atoms with Crippen LogP contribution in [0.25, 0.3) is 0 Å². The maximum absolute atomic E-state index is 13.5. The number of carboxylic acids is 1. The molecule has 0 aliphatic carbocycles. The number of carbonyl (C=O) groups excluding carboxylic acids is 1. The minimum absolute atomic E-state index is 0.0764. The van der Waals surface area contributed by atoms with Crippen LogP contribution < -0.4 is 5.32 Å². The molecule has 1 amide bonds. The van der Waals surface area contributed by atoms with Gasteiger partial charge in [0.25, 0.3) is 0 Å². The molecule has 0 heterocycles. The molecule has 1 aromatic carbocycles. The molecule has 0 saturated carbocycles. The quantitative estimate of drug-likeness (QED) is 0.879. The van der Waals surface area contributed by atoms with Gasteiger partial charge in [0.1, 0.15) is 12.4 Å². The van der Waals surface area contributed by atoms with Gasteiger partial charge < -0.3 is 15.2 Å². The van der Waals surface area contributed by atoms with Gasteiger partial charge in [-0.3, -0.25) is 4.79 Å². The Morgan fingerprint density at radius 3 is 2.47 bits per heavy atom. The number of halogens is 1. The van der Waals surface area contributed by atoms with E-state index in [1.165, 1.54) is 12.1 Å². The number of amides is 1. The molecule has 0 aliphatic rings. The van der Waals surface area contributed by atoms with Gasteiger partial charge in [-0.25, -0.2) is 9.18 Å². The maximum atomic E-state index is 13.5. The highest BCUT2D eigenvalue weighted by Crippen LogP contribution is 2.16. The van der Waals surface area contributed by atoms with Gasteiger partial charge in [0.2, 0.25) is 5.91 Å². The van der Waals surface area contributed by atoms with Crippen molar-refractivity contribution in [2.75, 3.05) is 11.9 Å². The lowest BCUT2D eigenvalue weighted by Crippen LogP contribution is -2.27. The first-order valence-corrected chi connectivity index (χ1v) is 5.66. The largest absolute Gasteiger partial charge is 0.478 e. The number of hydrogen-bond donors (Lipinski definition) is 2. The highest BCUT2D eigenvalue weighted by Gasteiger charge is 2.14. The Bertz CT molecular complexity index is 494. The van der Waals surface area contributed by atoms with Crippen LogP contribution in [0.4, 0.5) is 10.1 Å². The molecule has 5 nitrogen and oxygen atoms in total. The van der Waals surface area contributed by atoms with Crippen LogP contribution in [0.1, 0.15) is 31.1 Å². The van der Waals surface area contributed by atoms with E-state index in [0.29, 0.717) is 0 Å². The zero-order chi connectivity index (χ0) is 14.6. The molecule has 0 bridgehead atoms. The van der Waals surface area contributed by atoms with Crippen LogP contribution in [0.5, 0.6) is 0 Å². The molecule has 0 atom stereocenters. The number of hydrogen-bond acceptors (Lipinski definition) is 3. The number of ether oxygens (including phenoxy) is 1. The topological polar surface area (TPSA) is 75.6 Å². The van der Waals surface area contributed by atoms with E-state index in [9.17, 15) is 14.0 Å². The van der Waals surface area contributed by atoms with Gasteiger partial charge in [-0.1, -0.05) is 0 Å². The van der Waals surface area contributed by atoms with Crippen molar-refractivity contribution in [2.45, 2.75) is 26.4 Å². The molecule has 1 rings (SSSR count). The normalized spacial score (nSPS) is 11.2. The van der Waals surface area contributed by atoms with E-state index >= 15 is 0 Å². The van der Waals surface area contributed by atoms with Crippen molar-refractivity contribution in [3.05, 3.63) is 29.6 Å². The molecule has 0 saturated heterocycles. The van der Waals surface area contributed by atoms with Crippen LogP contribution in [-0.4, -0.2) is 29.2 Å². The first-order valence-electron chi connectivity index (χ1n) is 5.66. The number of carbonyl (C=O) groups is 2. The number of anilines is 1. The summed E-state index contributed by atoms with van der Waals surface area (Å²) in [7, 11) is 0. The van der Waals surface area contributed by atoms with E-state index in [1.54, 1.807) is 20.8 Å². The lowest BCUT2D eigenvalue weighted by molar-refractivity contribution is -0.125. The van der Waals surface area contributed by atoms with Crippen molar-refractivity contribution in [3.63, 3.8) is 0 Å². The predicted octanol–water partition coefficient (Wildman–Crippen LogP) is 2.28. The van der Waals surface area contributed by atoms with Crippen LogP contribution in [0.3, 0.4) is 0 Å². The summed E-state index contributed by atoms with van der Waals surface area (Å²) in [6.45, 7) is 5.18. The van der Waals surface area contributed by atoms with Gasteiger partial charge in [-0.05, 0) is 39.0 Å².